The Morgan fingerprint density at radius 1 is 1.31 bits per heavy atom. The van der Waals surface area contributed by atoms with Crippen LogP contribution in [-0.2, 0) is 5.41 Å². The number of carbonyl (C=O) groups is 1. The summed E-state index contributed by atoms with van der Waals surface area (Å²) in [5, 5.41) is 2.97. The minimum atomic E-state index is -0.0118. The quantitative estimate of drug-likeness (QED) is 0.826. The second kappa shape index (κ2) is 4.16. The lowest BCUT2D eigenvalue weighted by molar-refractivity contribution is 0.216. The topological polar surface area (TPSA) is 32.3 Å². The van der Waals surface area contributed by atoms with Gasteiger partial charge >= 0.3 is 6.03 Å². The number of carbonyl (C=O) groups excluding carboxylic acids is 1. The summed E-state index contributed by atoms with van der Waals surface area (Å²) in [6, 6.07) is 10.4. The molecule has 3 heteroatoms. The standard InChI is InChI=1S/C13H18N2O/c1-15(2)12(16)14-10-13(8-9-13)11-6-4-3-5-7-11/h3-7H,8-10H2,1-2H3,(H,14,16). The molecule has 1 aromatic carbocycles. The number of benzene rings is 1. The summed E-state index contributed by atoms with van der Waals surface area (Å²) in [6.07, 6.45) is 2.34. The molecule has 0 bridgehead atoms. The predicted molar refractivity (Wildman–Crippen MR) is 64.4 cm³/mol. The number of urea groups is 1. The third kappa shape index (κ3) is 2.18. The molecule has 0 aliphatic heterocycles. The van der Waals surface area contributed by atoms with Gasteiger partial charge in [-0.3, -0.25) is 0 Å². The summed E-state index contributed by atoms with van der Waals surface area (Å²) in [6.45, 7) is 0.744. The van der Waals surface area contributed by atoms with Gasteiger partial charge < -0.3 is 10.2 Å². The first-order chi connectivity index (χ1) is 7.64. The van der Waals surface area contributed by atoms with Crippen molar-refractivity contribution >= 4 is 6.03 Å². The number of amides is 2. The molecule has 1 fully saturated rings. The molecule has 1 N–H and O–H groups in total. The Hall–Kier alpha value is -1.51. The Labute approximate surface area is 96.5 Å². The van der Waals surface area contributed by atoms with Crippen molar-refractivity contribution in [3.8, 4) is 0 Å². The highest BCUT2D eigenvalue weighted by Crippen LogP contribution is 2.47. The van der Waals surface area contributed by atoms with Crippen LogP contribution in [0.2, 0.25) is 0 Å². The Morgan fingerprint density at radius 2 is 1.94 bits per heavy atom. The number of nitrogens with one attached hydrogen (secondary N) is 1. The predicted octanol–water partition coefficient (Wildman–Crippen LogP) is 1.99. The van der Waals surface area contributed by atoms with E-state index in [1.54, 1.807) is 19.0 Å². The second-order valence-electron chi connectivity index (χ2n) is 4.70. The largest absolute Gasteiger partial charge is 0.337 e. The second-order valence-corrected chi connectivity index (χ2v) is 4.70. The Balaban J connectivity index is 1.97. The third-order valence-corrected chi connectivity index (χ3v) is 3.22. The normalized spacial score (nSPS) is 16.6. The molecule has 2 amide bonds. The van der Waals surface area contributed by atoms with E-state index >= 15 is 0 Å². The van der Waals surface area contributed by atoms with Crippen molar-refractivity contribution in [1.29, 1.82) is 0 Å². The van der Waals surface area contributed by atoms with Crippen LogP contribution in [0.5, 0.6) is 0 Å². The molecule has 2 rings (SSSR count). The molecular weight excluding hydrogens is 200 g/mol. The van der Waals surface area contributed by atoms with Gasteiger partial charge in [-0.2, -0.15) is 0 Å². The van der Waals surface area contributed by atoms with Crippen molar-refractivity contribution in [3.05, 3.63) is 35.9 Å². The minimum absolute atomic E-state index is 0.0118. The molecule has 0 heterocycles. The van der Waals surface area contributed by atoms with Gasteiger partial charge in [0.05, 0.1) is 0 Å². The summed E-state index contributed by atoms with van der Waals surface area (Å²) in [7, 11) is 3.52. The zero-order chi connectivity index (χ0) is 11.6. The van der Waals surface area contributed by atoms with Crippen molar-refractivity contribution < 1.29 is 4.79 Å². The van der Waals surface area contributed by atoms with Crippen LogP contribution in [0.15, 0.2) is 30.3 Å². The number of nitrogens with zero attached hydrogens (tertiary/aromatic N) is 1. The fourth-order valence-electron chi connectivity index (χ4n) is 1.91. The van der Waals surface area contributed by atoms with Crippen molar-refractivity contribution in [3.63, 3.8) is 0 Å². The van der Waals surface area contributed by atoms with Crippen LogP contribution in [0, 0.1) is 0 Å². The van der Waals surface area contributed by atoms with Crippen molar-refractivity contribution in [1.82, 2.24) is 10.2 Å². The summed E-state index contributed by atoms with van der Waals surface area (Å²) >= 11 is 0. The Bertz CT molecular complexity index is 369. The molecule has 0 atom stereocenters. The molecule has 1 aliphatic rings. The van der Waals surface area contributed by atoms with Gasteiger partial charge in [0.15, 0.2) is 0 Å². The van der Waals surface area contributed by atoms with Crippen LogP contribution >= 0.6 is 0 Å². The van der Waals surface area contributed by atoms with E-state index in [9.17, 15) is 4.79 Å². The Kier molecular flexibility index (Phi) is 2.86. The van der Waals surface area contributed by atoms with E-state index in [1.165, 1.54) is 18.4 Å². The number of rotatable bonds is 3. The van der Waals surface area contributed by atoms with Crippen molar-refractivity contribution in [2.24, 2.45) is 0 Å². The van der Waals surface area contributed by atoms with E-state index < -0.39 is 0 Å². The van der Waals surface area contributed by atoms with Gasteiger partial charge in [0.1, 0.15) is 0 Å². The fourth-order valence-corrected chi connectivity index (χ4v) is 1.91. The van der Waals surface area contributed by atoms with Crippen molar-refractivity contribution in [2.75, 3.05) is 20.6 Å². The lowest BCUT2D eigenvalue weighted by atomic mass is 9.96. The van der Waals surface area contributed by atoms with E-state index in [0.717, 1.165) is 6.54 Å². The summed E-state index contributed by atoms with van der Waals surface area (Å²) in [5.74, 6) is 0. The van der Waals surface area contributed by atoms with Gasteiger partial charge in [-0.25, -0.2) is 4.79 Å². The van der Waals surface area contributed by atoms with Crippen LogP contribution in [0.3, 0.4) is 0 Å². The first kappa shape index (κ1) is 11.0. The maximum atomic E-state index is 11.5. The average Bonchev–Trinajstić information content (AvgIpc) is 3.08. The van der Waals surface area contributed by atoms with Gasteiger partial charge in [0.2, 0.25) is 0 Å². The molecule has 1 aromatic rings. The highest BCUT2D eigenvalue weighted by Gasteiger charge is 2.44. The third-order valence-electron chi connectivity index (χ3n) is 3.22. The molecular formula is C13H18N2O. The molecule has 0 unspecified atom stereocenters. The highest BCUT2D eigenvalue weighted by molar-refractivity contribution is 5.73. The van der Waals surface area contributed by atoms with Crippen LogP contribution < -0.4 is 5.32 Å². The Morgan fingerprint density at radius 3 is 2.44 bits per heavy atom. The molecule has 86 valence electrons. The first-order valence-electron chi connectivity index (χ1n) is 5.65. The molecule has 0 radical (unpaired) electrons. The maximum absolute atomic E-state index is 11.5. The molecule has 3 nitrogen and oxygen atoms in total. The van der Waals surface area contributed by atoms with E-state index in [4.69, 9.17) is 0 Å². The van der Waals surface area contributed by atoms with Gasteiger partial charge in [0.25, 0.3) is 0 Å². The van der Waals surface area contributed by atoms with Gasteiger partial charge in [-0.15, -0.1) is 0 Å². The zero-order valence-corrected chi connectivity index (χ0v) is 9.86. The summed E-state index contributed by atoms with van der Waals surface area (Å²) in [4.78, 5) is 13.0. The fraction of sp³-hybridized carbons (Fsp3) is 0.462. The number of hydrogen-bond acceptors (Lipinski definition) is 1. The summed E-state index contributed by atoms with van der Waals surface area (Å²) in [5.41, 5.74) is 1.54. The van der Waals surface area contributed by atoms with E-state index in [-0.39, 0.29) is 11.4 Å². The van der Waals surface area contributed by atoms with E-state index in [2.05, 4.69) is 29.6 Å². The zero-order valence-electron chi connectivity index (χ0n) is 9.86. The van der Waals surface area contributed by atoms with Gasteiger partial charge in [0, 0.05) is 26.1 Å². The lowest BCUT2D eigenvalue weighted by Gasteiger charge is -2.18. The molecule has 1 aliphatic carbocycles. The first-order valence-corrected chi connectivity index (χ1v) is 5.65. The molecule has 0 aromatic heterocycles. The van der Waals surface area contributed by atoms with Crippen molar-refractivity contribution in [2.45, 2.75) is 18.3 Å². The van der Waals surface area contributed by atoms with E-state index in [0.29, 0.717) is 0 Å². The van der Waals surface area contributed by atoms with E-state index in [1.807, 2.05) is 6.07 Å². The highest BCUT2D eigenvalue weighted by atomic mass is 16.2. The molecule has 16 heavy (non-hydrogen) atoms. The monoisotopic (exact) mass is 218 g/mol. The van der Waals surface area contributed by atoms with Crippen LogP contribution in [0.4, 0.5) is 4.79 Å². The SMILES string of the molecule is CN(C)C(=O)NCC1(c2ccccc2)CC1. The molecule has 1 saturated carbocycles. The molecule has 0 saturated heterocycles. The van der Waals surface area contributed by atoms with Gasteiger partial charge in [-0.05, 0) is 18.4 Å². The molecule has 0 spiro atoms. The van der Waals surface area contributed by atoms with Crippen LogP contribution in [0.25, 0.3) is 0 Å². The minimum Gasteiger partial charge on any atom is -0.337 e. The van der Waals surface area contributed by atoms with Crippen LogP contribution in [-0.4, -0.2) is 31.6 Å². The van der Waals surface area contributed by atoms with Crippen LogP contribution in [0.1, 0.15) is 18.4 Å². The summed E-state index contributed by atoms with van der Waals surface area (Å²) < 4.78 is 0. The van der Waals surface area contributed by atoms with Gasteiger partial charge in [-0.1, -0.05) is 30.3 Å². The maximum Gasteiger partial charge on any atom is 0.316 e. The smallest absolute Gasteiger partial charge is 0.316 e. The lowest BCUT2D eigenvalue weighted by Crippen LogP contribution is -2.39. The number of hydrogen-bond donors (Lipinski definition) is 1. The average molecular weight is 218 g/mol.